The Hall–Kier alpha value is -1.96. The molecule has 1 aliphatic rings. The van der Waals surface area contributed by atoms with Gasteiger partial charge in [-0.1, -0.05) is 12.1 Å². The predicted octanol–water partition coefficient (Wildman–Crippen LogP) is 4.83. The van der Waals surface area contributed by atoms with Crippen LogP contribution in [0.3, 0.4) is 0 Å². The van der Waals surface area contributed by atoms with Gasteiger partial charge in [0.1, 0.15) is 11.5 Å². The summed E-state index contributed by atoms with van der Waals surface area (Å²) in [5.41, 5.74) is 5.28. The van der Waals surface area contributed by atoms with Gasteiger partial charge >= 0.3 is 0 Å². The van der Waals surface area contributed by atoms with Crippen molar-refractivity contribution < 1.29 is 9.47 Å². The van der Waals surface area contributed by atoms with Crippen LogP contribution >= 0.6 is 0 Å². The zero-order valence-electron chi connectivity index (χ0n) is 13.1. The molecule has 1 aliphatic carbocycles. The molecule has 0 aromatic heterocycles. The molecule has 0 heterocycles. The first-order valence-corrected chi connectivity index (χ1v) is 7.62. The molecule has 0 fully saturated rings. The van der Waals surface area contributed by atoms with Gasteiger partial charge in [-0.25, -0.2) is 0 Å². The first-order chi connectivity index (χ1) is 10.0. The highest BCUT2D eigenvalue weighted by atomic mass is 16.5. The summed E-state index contributed by atoms with van der Waals surface area (Å²) < 4.78 is 11.6. The number of benzene rings is 2. The topological polar surface area (TPSA) is 18.5 Å². The quantitative estimate of drug-likeness (QED) is 0.682. The molecule has 0 saturated heterocycles. The van der Waals surface area contributed by atoms with Crippen molar-refractivity contribution in [3.05, 3.63) is 47.5 Å². The van der Waals surface area contributed by atoms with E-state index in [9.17, 15) is 0 Å². The van der Waals surface area contributed by atoms with Gasteiger partial charge < -0.3 is 9.47 Å². The molecular formula is C19H22O2. The van der Waals surface area contributed by atoms with E-state index in [0.717, 1.165) is 17.9 Å². The van der Waals surface area contributed by atoms with Crippen molar-refractivity contribution in [1.29, 1.82) is 0 Å². The molecule has 0 bridgehead atoms. The maximum absolute atomic E-state index is 5.82. The lowest BCUT2D eigenvalue weighted by Gasteiger charge is -2.13. The van der Waals surface area contributed by atoms with Gasteiger partial charge in [-0.2, -0.15) is 0 Å². The molecule has 2 aromatic rings. The van der Waals surface area contributed by atoms with Crippen LogP contribution in [-0.2, 0) is 6.42 Å². The molecule has 21 heavy (non-hydrogen) atoms. The lowest BCUT2D eigenvalue weighted by molar-refractivity contribution is 0.242. The van der Waals surface area contributed by atoms with Crippen LogP contribution in [0.25, 0.3) is 11.1 Å². The van der Waals surface area contributed by atoms with Crippen molar-refractivity contribution in [1.82, 2.24) is 0 Å². The molecule has 2 nitrogen and oxygen atoms in total. The second-order valence-corrected chi connectivity index (χ2v) is 6.15. The van der Waals surface area contributed by atoms with Crippen LogP contribution in [0, 0.1) is 0 Å². The molecule has 0 unspecified atom stereocenters. The van der Waals surface area contributed by atoms with Gasteiger partial charge in [0, 0.05) is 0 Å². The fourth-order valence-corrected chi connectivity index (χ4v) is 2.82. The lowest BCUT2D eigenvalue weighted by Crippen LogP contribution is -2.05. The molecule has 0 spiro atoms. The highest BCUT2D eigenvalue weighted by Gasteiger charge is 2.20. The third-order valence-corrected chi connectivity index (χ3v) is 3.58. The van der Waals surface area contributed by atoms with Gasteiger partial charge in [-0.3, -0.25) is 0 Å². The first-order valence-electron chi connectivity index (χ1n) is 7.62. The van der Waals surface area contributed by atoms with E-state index < -0.39 is 0 Å². The molecule has 2 aromatic carbocycles. The van der Waals surface area contributed by atoms with Crippen LogP contribution in [0.15, 0.2) is 36.4 Å². The van der Waals surface area contributed by atoms with Crippen molar-refractivity contribution >= 4 is 0 Å². The van der Waals surface area contributed by atoms with Crippen LogP contribution < -0.4 is 9.47 Å². The molecule has 3 rings (SSSR count). The van der Waals surface area contributed by atoms with E-state index in [1.807, 2.05) is 0 Å². The lowest BCUT2D eigenvalue weighted by atomic mass is 10.1. The summed E-state index contributed by atoms with van der Waals surface area (Å²) in [6, 6.07) is 12.8. The molecule has 0 atom stereocenters. The fraction of sp³-hybridized carbons (Fsp3) is 0.368. The van der Waals surface area contributed by atoms with Gasteiger partial charge in [0.25, 0.3) is 0 Å². The summed E-state index contributed by atoms with van der Waals surface area (Å²) in [6.45, 7) is 8.21. The van der Waals surface area contributed by atoms with E-state index in [1.165, 1.54) is 22.3 Å². The maximum atomic E-state index is 5.82. The van der Waals surface area contributed by atoms with E-state index in [-0.39, 0.29) is 12.2 Å². The Morgan fingerprint density at radius 3 is 1.52 bits per heavy atom. The molecule has 2 heteroatoms. The van der Waals surface area contributed by atoms with Crippen molar-refractivity contribution in [2.45, 2.75) is 46.3 Å². The number of hydrogen-bond acceptors (Lipinski definition) is 2. The van der Waals surface area contributed by atoms with Crippen LogP contribution in [0.4, 0.5) is 0 Å². The van der Waals surface area contributed by atoms with Crippen molar-refractivity contribution in [3.8, 4) is 22.6 Å². The molecule has 0 amide bonds. The summed E-state index contributed by atoms with van der Waals surface area (Å²) in [7, 11) is 0. The van der Waals surface area contributed by atoms with Crippen molar-refractivity contribution in [2.24, 2.45) is 0 Å². The molecule has 0 N–H and O–H groups in total. The standard InChI is InChI=1S/C19H22O2/c1-12(2)20-16-7-5-14-9-15-6-8-17(21-13(3)4)11-19(15)18(14)10-16/h5-8,10-13H,9H2,1-4H3. The fourth-order valence-electron chi connectivity index (χ4n) is 2.82. The smallest absolute Gasteiger partial charge is 0.120 e. The summed E-state index contributed by atoms with van der Waals surface area (Å²) >= 11 is 0. The van der Waals surface area contributed by atoms with Crippen molar-refractivity contribution in [3.63, 3.8) is 0 Å². The second kappa shape index (κ2) is 5.44. The Balaban J connectivity index is 1.98. The van der Waals surface area contributed by atoms with Gasteiger partial charge in [0.15, 0.2) is 0 Å². The third-order valence-electron chi connectivity index (χ3n) is 3.58. The summed E-state index contributed by atoms with van der Waals surface area (Å²) in [5.74, 6) is 1.87. The highest BCUT2D eigenvalue weighted by Crippen LogP contribution is 2.40. The molecular weight excluding hydrogens is 260 g/mol. The number of fused-ring (bicyclic) bond motifs is 3. The van der Waals surface area contributed by atoms with Crippen LogP contribution in [0.1, 0.15) is 38.8 Å². The minimum Gasteiger partial charge on any atom is -0.491 e. The predicted molar refractivity (Wildman–Crippen MR) is 86.2 cm³/mol. The normalized spacial score (nSPS) is 12.5. The minimum atomic E-state index is 0.194. The minimum absolute atomic E-state index is 0.194. The average molecular weight is 282 g/mol. The maximum Gasteiger partial charge on any atom is 0.120 e. The summed E-state index contributed by atoms with van der Waals surface area (Å²) in [4.78, 5) is 0. The van der Waals surface area contributed by atoms with Crippen LogP contribution in [0.5, 0.6) is 11.5 Å². The zero-order chi connectivity index (χ0) is 15.0. The summed E-state index contributed by atoms with van der Waals surface area (Å²) in [5, 5.41) is 0. The van der Waals surface area contributed by atoms with Crippen LogP contribution in [-0.4, -0.2) is 12.2 Å². The van der Waals surface area contributed by atoms with Crippen LogP contribution in [0.2, 0.25) is 0 Å². The Bertz CT molecular complexity index is 599. The van der Waals surface area contributed by atoms with E-state index in [4.69, 9.17) is 9.47 Å². The van der Waals surface area contributed by atoms with Crippen molar-refractivity contribution in [2.75, 3.05) is 0 Å². The van der Waals surface area contributed by atoms with E-state index in [2.05, 4.69) is 64.1 Å². The number of rotatable bonds is 4. The molecule has 110 valence electrons. The summed E-state index contributed by atoms with van der Waals surface area (Å²) in [6.07, 6.45) is 1.38. The van der Waals surface area contributed by atoms with E-state index in [1.54, 1.807) is 0 Å². The van der Waals surface area contributed by atoms with Gasteiger partial charge in [0.2, 0.25) is 0 Å². The first kappa shape index (κ1) is 14.0. The van der Waals surface area contributed by atoms with Gasteiger partial charge in [-0.05, 0) is 80.6 Å². The Labute approximate surface area is 126 Å². The van der Waals surface area contributed by atoms with Gasteiger partial charge in [0.05, 0.1) is 12.2 Å². The Kier molecular flexibility index (Phi) is 3.62. The second-order valence-electron chi connectivity index (χ2n) is 6.15. The third kappa shape index (κ3) is 2.90. The monoisotopic (exact) mass is 282 g/mol. The van der Waals surface area contributed by atoms with E-state index in [0.29, 0.717) is 0 Å². The Morgan fingerprint density at radius 2 is 1.14 bits per heavy atom. The van der Waals surface area contributed by atoms with E-state index >= 15 is 0 Å². The van der Waals surface area contributed by atoms with Gasteiger partial charge in [-0.15, -0.1) is 0 Å². The Morgan fingerprint density at radius 1 is 0.714 bits per heavy atom. The highest BCUT2D eigenvalue weighted by molar-refractivity contribution is 5.78. The number of hydrogen-bond donors (Lipinski definition) is 0. The SMILES string of the molecule is CC(C)Oc1ccc2c(c1)-c1cc(OC(C)C)ccc1C2. The molecule has 0 saturated carbocycles. The molecule has 0 aliphatic heterocycles. The largest absolute Gasteiger partial charge is 0.491 e. The molecule has 0 radical (unpaired) electrons. The average Bonchev–Trinajstić information content (AvgIpc) is 2.75. The number of ether oxygens (including phenoxy) is 2. The zero-order valence-corrected chi connectivity index (χ0v) is 13.1.